The number of methoxy groups -OCH3 is 1. The molecule has 2 amide bonds. The summed E-state index contributed by atoms with van der Waals surface area (Å²) in [5.74, 6) is -3.34. The maximum absolute atomic E-state index is 13.7. The van der Waals surface area contributed by atoms with Crippen LogP contribution in [0.5, 0.6) is 0 Å². The molecule has 2 heterocycles. The third-order valence-corrected chi connectivity index (χ3v) is 5.38. The predicted octanol–water partition coefficient (Wildman–Crippen LogP) is 1.41. The van der Waals surface area contributed by atoms with Gasteiger partial charge < -0.3 is 4.74 Å². The van der Waals surface area contributed by atoms with Gasteiger partial charge in [-0.3, -0.25) is 24.6 Å². The molecule has 2 aliphatic heterocycles. The molecule has 7 heteroatoms. The molecule has 0 bridgehead atoms. The Labute approximate surface area is 145 Å². The number of esters is 1. The van der Waals surface area contributed by atoms with Crippen molar-refractivity contribution in [2.45, 2.75) is 31.8 Å². The van der Waals surface area contributed by atoms with Gasteiger partial charge in [0.1, 0.15) is 11.4 Å². The van der Waals surface area contributed by atoms with E-state index in [1.807, 2.05) is 0 Å². The minimum absolute atomic E-state index is 0.238. The number of fused-ring (bicyclic) bond motifs is 1. The molecule has 0 aromatic heterocycles. The first-order valence-electron chi connectivity index (χ1n) is 8.38. The average Bonchev–Trinajstić information content (AvgIpc) is 3.09. The molecule has 4 atom stereocenters. The molecule has 0 unspecified atom stereocenters. The Morgan fingerprint density at radius 3 is 2.60 bits per heavy atom. The molecular weight excluding hydrogens is 327 g/mol. The van der Waals surface area contributed by atoms with Gasteiger partial charge in [0.15, 0.2) is 0 Å². The first-order valence-corrected chi connectivity index (χ1v) is 8.38. The Morgan fingerprint density at radius 2 is 2.04 bits per heavy atom. The van der Waals surface area contributed by atoms with Crippen molar-refractivity contribution in [1.29, 1.82) is 0 Å². The summed E-state index contributed by atoms with van der Waals surface area (Å²) in [6.07, 6.45) is 0.281. The van der Waals surface area contributed by atoms with Gasteiger partial charge in [-0.1, -0.05) is 19.1 Å². The van der Waals surface area contributed by atoms with Gasteiger partial charge in [-0.2, -0.15) is 0 Å². The highest BCUT2D eigenvalue weighted by molar-refractivity contribution is 6.09. The van der Waals surface area contributed by atoms with Gasteiger partial charge in [-0.15, -0.1) is 0 Å². The largest absolute Gasteiger partial charge is 0.468 e. The van der Waals surface area contributed by atoms with E-state index in [-0.39, 0.29) is 24.8 Å². The lowest BCUT2D eigenvalue weighted by Gasteiger charge is -2.31. The Bertz CT molecular complexity index is 738. The van der Waals surface area contributed by atoms with Crippen LogP contribution < -0.4 is 5.32 Å². The number of benzene rings is 1. The quantitative estimate of drug-likeness (QED) is 0.658. The molecule has 2 aliphatic rings. The maximum atomic E-state index is 13.7. The van der Waals surface area contributed by atoms with Gasteiger partial charge in [-0.25, -0.2) is 4.39 Å². The minimum Gasteiger partial charge on any atom is -0.468 e. The van der Waals surface area contributed by atoms with Crippen LogP contribution in [0.1, 0.15) is 31.9 Å². The summed E-state index contributed by atoms with van der Waals surface area (Å²) >= 11 is 0. The maximum Gasteiger partial charge on any atom is 0.326 e. The fraction of sp³-hybridized carbons (Fsp3) is 0.500. The van der Waals surface area contributed by atoms with E-state index in [4.69, 9.17) is 4.74 Å². The first kappa shape index (κ1) is 17.5. The summed E-state index contributed by atoms with van der Waals surface area (Å²) in [6.45, 7) is 3.72. The zero-order valence-electron chi connectivity index (χ0n) is 14.4. The molecule has 2 fully saturated rings. The zero-order chi connectivity index (χ0) is 18.4. The molecule has 25 heavy (non-hydrogen) atoms. The van der Waals surface area contributed by atoms with E-state index in [1.165, 1.54) is 24.1 Å². The number of amides is 2. The van der Waals surface area contributed by atoms with E-state index in [1.54, 1.807) is 26.0 Å². The second-order valence-corrected chi connectivity index (χ2v) is 6.42. The molecule has 1 N–H and O–H groups in total. The normalized spacial score (nSPS) is 31.4. The number of imide groups is 1. The second kappa shape index (κ2) is 6.22. The third kappa shape index (κ3) is 2.37. The van der Waals surface area contributed by atoms with Gasteiger partial charge >= 0.3 is 5.97 Å². The number of nitrogens with one attached hydrogen (secondary N) is 1. The molecular formula is C18H21FN2O4. The summed E-state index contributed by atoms with van der Waals surface area (Å²) < 4.78 is 18.6. The van der Waals surface area contributed by atoms with Gasteiger partial charge in [0.05, 0.1) is 18.9 Å². The van der Waals surface area contributed by atoms with Crippen LogP contribution in [-0.2, 0) is 19.1 Å². The van der Waals surface area contributed by atoms with Gasteiger partial charge in [0.2, 0.25) is 11.8 Å². The summed E-state index contributed by atoms with van der Waals surface area (Å²) in [5.41, 5.74) is -0.763. The molecule has 0 aliphatic carbocycles. The molecule has 134 valence electrons. The SMILES string of the molecule is CCN1C(=O)[C@H]2[C@@H](C1=O)[C@](CC)(C(=O)OC)N[C@H]2c1cccc(F)c1. The van der Waals surface area contributed by atoms with E-state index in [9.17, 15) is 18.8 Å². The van der Waals surface area contributed by atoms with Crippen molar-refractivity contribution in [2.24, 2.45) is 11.8 Å². The number of nitrogens with zero attached hydrogens (tertiary/aromatic N) is 1. The Kier molecular flexibility index (Phi) is 4.36. The number of rotatable bonds is 4. The predicted molar refractivity (Wildman–Crippen MR) is 86.7 cm³/mol. The molecule has 6 nitrogen and oxygen atoms in total. The summed E-state index contributed by atoms with van der Waals surface area (Å²) in [7, 11) is 1.25. The van der Waals surface area contributed by atoms with Crippen molar-refractivity contribution in [3.05, 3.63) is 35.6 Å². The molecule has 2 saturated heterocycles. The average molecular weight is 348 g/mol. The van der Waals surface area contributed by atoms with Crippen molar-refractivity contribution in [1.82, 2.24) is 10.2 Å². The zero-order valence-corrected chi connectivity index (χ0v) is 14.4. The third-order valence-electron chi connectivity index (χ3n) is 5.38. The van der Waals surface area contributed by atoms with Crippen molar-refractivity contribution in [3.8, 4) is 0 Å². The van der Waals surface area contributed by atoms with Crippen LogP contribution in [0.2, 0.25) is 0 Å². The fourth-order valence-electron chi connectivity index (χ4n) is 4.20. The molecule has 1 aromatic carbocycles. The molecule has 3 rings (SSSR count). The second-order valence-electron chi connectivity index (χ2n) is 6.42. The number of hydrogen-bond donors (Lipinski definition) is 1. The highest BCUT2D eigenvalue weighted by Gasteiger charge is 2.67. The number of carbonyl (C=O) groups excluding carboxylic acids is 3. The summed E-state index contributed by atoms with van der Waals surface area (Å²) in [5, 5.41) is 3.15. The van der Waals surface area contributed by atoms with Crippen molar-refractivity contribution in [2.75, 3.05) is 13.7 Å². The van der Waals surface area contributed by atoms with E-state index < -0.39 is 35.2 Å². The lowest BCUT2D eigenvalue weighted by Crippen LogP contribution is -2.55. The molecule has 0 radical (unpaired) electrons. The van der Waals surface area contributed by atoms with Crippen LogP contribution in [0.4, 0.5) is 4.39 Å². The molecule has 0 spiro atoms. The summed E-state index contributed by atoms with van der Waals surface area (Å²) in [4.78, 5) is 39.4. The standard InChI is InChI=1S/C18H21FN2O4/c1-4-18(17(24)25-3)13-12(15(22)21(5-2)16(13)23)14(20-18)10-7-6-8-11(19)9-10/h6-9,12-14,20H,4-5H2,1-3H3/t12-,13-,14-,18+/m0/s1. The first-order chi connectivity index (χ1) is 11.9. The number of likely N-dealkylation sites (tertiary alicyclic amines) is 1. The van der Waals surface area contributed by atoms with Gasteiger partial charge in [-0.05, 0) is 31.0 Å². The van der Waals surface area contributed by atoms with Gasteiger partial charge in [0, 0.05) is 12.6 Å². The lowest BCUT2D eigenvalue weighted by atomic mass is 9.78. The number of hydrogen-bond acceptors (Lipinski definition) is 5. The fourth-order valence-corrected chi connectivity index (χ4v) is 4.20. The topological polar surface area (TPSA) is 75.7 Å². The van der Waals surface area contributed by atoms with Crippen LogP contribution in [0.15, 0.2) is 24.3 Å². The Balaban J connectivity index is 2.15. The lowest BCUT2D eigenvalue weighted by molar-refractivity contribution is -0.154. The number of carbonyl (C=O) groups is 3. The van der Waals surface area contributed by atoms with E-state index in [2.05, 4.69) is 5.32 Å². The van der Waals surface area contributed by atoms with E-state index >= 15 is 0 Å². The number of ether oxygens (including phenoxy) is 1. The highest BCUT2D eigenvalue weighted by Crippen LogP contribution is 2.50. The number of halogens is 1. The van der Waals surface area contributed by atoms with Crippen LogP contribution in [0.25, 0.3) is 0 Å². The van der Waals surface area contributed by atoms with Crippen molar-refractivity contribution >= 4 is 17.8 Å². The van der Waals surface area contributed by atoms with Crippen molar-refractivity contribution in [3.63, 3.8) is 0 Å². The smallest absolute Gasteiger partial charge is 0.326 e. The van der Waals surface area contributed by atoms with Crippen LogP contribution >= 0.6 is 0 Å². The molecule has 0 saturated carbocycles. The highest BCUT2D eigenvalue weighted by atomic mass is 19.1. The monoisotopic (exact) mass is 348 g/mol. The van der Waals surface area contributed by atoms with Crippen molar-refractivity contribution < 1.29 is 23.5 Å². The molecule has 1 aromatic rings. The van der Waals surface area contributed by atoms with Crippen LogP contribution in [0, 0.1) is 17.7 Å². The van der Waals surface area contributed by atoms with E-state index in [0.29, 0.717) is 5.56 Å². The van der Waals surface area contributed by atoms with Crippen LogP contribution in [0.3, 0.4) is 0 Å². The van der Waals surface area contributed by atoms with E-state index in [0.717, 1.165) is 0 Å². The van der Waals surface area contributed by atoms with Crippen LogP contribution in [-0.4, -0.2) is 41.9 Å². The Morgan fingerprint density at radius 1 is 1.32 bits per heavy atom. The summed E-state index contributed by atoms with van der Waals surface area (Å²) in [6, 6.07) is 5.23. The van der Waals surface area contributed by atoms with Gasteiger partial charge in [0.25, 0.3) is 0 Å². The Hall–Kier alpha value is -2.28. The minimum atomic E-state index is -1.30.